The number of benzene rings is 1. The molecule has 0 spiro atoms. The second-order valence-corrected chi connectivity index (χ2v) is 4.31. The van der Waals surface area contributed by atoms with Gasteiger partial charge in [-0.2, -0.15) is 0 Å². The van der Waals surface area contributed by atoms with Gasteiger partial charge in [0.1, 0.15) is 0 Å². The van der Waals surface area contributed by atoms with Crippen LogP contribution in [0.2, 0.25) is 0 Å². The van der Waals surface area contributed by atoms with Crippen molar-refractivity contribution in [3.8, 4) is 0 Å². The second kappa shape index (κ2) is 6.00. The van der Waals surface area contributed by atoms with E-state index in [2.05, 4.69) is 5.32 Å². The predicted octanol–water partition coefficient (Wildman–Crippen LogP) is 1.42. The van der Waals surface area contributed by atoms with Crippen molar-refractivity contribution in [1.29, 1.82) is 0 Å². The van der Waals surface area contributed by atoms with E-state index in [1.807, 2.05) is 0 Å². The number of carboxylic acid groups (broad SMARTS) is 1. The summed E-state index contributed by atoms with van der Waals surface area (Å²) in [6, 6.07) is -0.857. The Morgan fingerprint density at radius 2 is 1.90 bits per heavy atom. The molecule has 1 aromatic carbocycles. The van der Waals surface area contributed by atoms with E-state index in [0.29, 0.717) is 12.1 Å². The molecule has 2 N–H and O–H groups in total. The fraction of sp³-hybridized carbons (Fsp3) is 0.333. The van der Waals surface area contributed by atoms with Crippen molar-refractivity contribution >= 4 is 17.7 Å². The minimum Gasteiger partial charge on any atom is -0.480 e. The van der Waals surface area contributed by atoms with Crippen molar-refractivity contribution in [2.45, 2.75) is 6.04 Å². The molecular weight excluding hydrogens is 293 g/mol. The first-order chi connectivity index (χ1) is 9.90. The highest BCUT2D eigenvalue weighted by atomic mass is 19.2. The molecule has 1 atom stereocenters. The van der Waals surface area contributed by atoms with Crippen LogP contribution in [-0.4, -0.2) is 47.8 Å². The summed E-state index contributed by atoms with van der Waals surface area (Å²) in [4.78, 5) is 23.9. The molecule has 9 heteroatoms. The minimum atomic E-state index is -1.65. The van der Waals surface area contributed by atoms with Gasteiger partial charge in [-0.15, -0.1) is 0 Å². The maximum absolute atomic E-state index is 13.0. The Hall–Kier alpha value is -2.29. The van der Waals surface area contributed by atoms with E-state index < -0.39 is 35.5 Å². The molecule has 2 rings (SSSR count). The number of ether oxygens (including phenoxy) is 1. The van der Waals surface area contributed by atoms with Gasteiger partial charge < -0.3 is 20.1 Å². The van der Waals surface area contributed by atoms with Crippen LogP contribution in [0.3, 0.4) is 0 Å². The van der Waals surface area contributed by atoms with Crippen LogP contribution >= 0.6 is 0 Å². The lowest BCUT2D eigenvalue weighted by atomic mass is 10.2. The summed E-state index contributed by atoms with van der Waals surface area (Å²) in [5.74, 6) is -5.83. The van der Waals surface area contributed by atoms with Gasteiger partial charge in [0.2, 0.25) is 0 Å². The number of carbonyl (C=O) groups is 2. The van der Waals surface area contributed by atoms with Gasteiger partial charge in [0.25, 0.3) is 0 Å². The first-order valence-corrected chi connectivity index (χ1v) is 5.93. The van der Waals surface area contributed by atoms with Crippen molar-refractivity contribution in [2.75, 3.05) is 25.1 Å². The Bertz CT molecular complexity index is 559. The quantitative estimate of drug-likeness (QED) is 0.810. The lowest BCUT2D eigenvalue weighted by Gasteiger charge is -2.32. The molecule has 1 aromatic rings. The molecule has 1 aliphatic heterocycles. The maximum Gasteiger partial charge on any atom is 0.328 e. The van der Waals surface area contributed by atoms with E-state index in [9.17, 15) is 22.8 Å². The Labute approximate surface area is 117 Å². The van der Waals surface area contributed by atoms with Crippen molar-refractivity contribution in [3.05, 3.63) is 29.6 Å². The smallest absolute Gasteiger partial charge is 0.328 e. The van der Waals surface area contributed by atoms with Crippen molar-refractivity contribution in [1.82, 2.24) is 4.90 Å². The van der Waals surface area contributed by atoms with Crippen LogP contribution < -0.4 is 5.32 Å². The number of morpholine rings is 1. The summed E-state index contributed by atoms with van der Waals surface area (Å²) in [5, 5.41) is 11.1. The molecule has 6 nitrogen and oxygen atoms in total. The molecule has 0 saturated carbocycles. The molecule has 1 aliphatic rings. The number of carboxylic acids is 1. The van der Waals surface area contributed by atoms with Gasteiger partial charge in [0, 0.05) is 24.4 Å². The minimum absolute atomic E-state index is 0.00889. The highest BCUT2D eigenvalue weighted by Crippen LogP contribution is 2.18. The fourth-order valence-electron chi connectivity index (χ4n) is 1.87. The monoisotopic (exact) mass is 304 g/mol. The molecule has 1 unspecified atom stereocenters. The highest BCUT2D eigenvalue weighted by Gasteiger charge is 2.33. The SMILES string of the molecule is O=C(O)C1COCCN1C(=O)Nc1cc(F)c(F)c(F)c1. The summed E-state index contributed by atoms with van der Waals surface area (Å²) < 4.78 is 43.8. The summed E-state index contributed by atoms with van der Waals surface area (Å²) in [6.07, 6.45) is 0. The fourth-order valence-corrected chi connectivity index (χ4v) is 1.87. The number of halogens is 3. The predicted molar refractivity (Wildman–Crippen MR) is 64.3 cm³/mol. The van der Waals surface area contributed by atoms with Crippen LogP contribution in [-0.2, 0) is 9.53 Å². The first kappa shape index (κ1) is 15.1. The van der Waals surface area contributed by atoms with Crippen LogP contribution in [0.1, 0.15) is 0 Å². The number of urea groups is 1. The summed E-state index contributed by atoms with van der Waals surface area (Å²) in [6.45, 7) is -0.0345. The van der Waals surface area contributed by atoms with Gasteiger partial charge in [-0.3, -0.25) is 0 Å². The first-order valence-electron chi connectivity index (χ1n) is 5.93. The van der Waals surface area contributed by atoms with Gasteiger partial charge in [-0.05, 0) is 0 Å². The molecule has 1 fully saturated rings. The van der Waals surface area contributed by atoms with E-state index in [0.717, 1.165) is 4.90 Å². The molecule has 0 aromatic heterocycles. The van der Waals surface area contributed by atoms with Crippen LogP contribution in [0.25, 0.3) is 0 Å². The topological polar surface area (TPSA) is 78.9 Å². The summed E-state index contributed by atoms with van der Waals surface area (Å²) >= 11 is 0. The molecule has 0 aliphatic carbocycles. The Morgan fingerprint density at radius 1 is 1.29 bits per heavy atom. The van der Waals surface area contributed by atoms with Gasteiger partial charge in [0.15, 0.2) is 23.5 Å². The van der Waals surface area contributed by atoms with Crippen LogP contribution in [0, 0.1) is 17.5 Å². The molecule has 21 heavy (non-hydrogen) atoms. The largest absolute Gasteiger partial charge is 0.480 e. The number of anilines is 1. The number of hydrogen-bond donors (Lipinski definition) is 2. The summed E-state index contributed by atoms with van der Waals surface area (Å²) in [5.41, 5.74) is -0.313. The molecule has 1 heterocycles. The van der Waals surface area contributed by atoms with E-state index in [4.69, 9.17) is 9.84 Å². The number of nitrogens with one attached hydrogen (secondary N) is 1. The lowest BCUT2D eigenvalue weighted by molar-refractivity contribution is -0.147. The highest BCUT2D eigenvalue weighted by molar-refractivity contribution is 5.92. The average molecular weight is 304 g/mol. The lowest BCUT2D eigenvalue weighted by Crippen LogP contribution is -2.53. The van der Waals surface area contributed by atoms with E-state index in [1.54, 1.807) is 0 Å². The third-order valence-electron chi connectivity index (χ3n) is 2.91. The Morgan fingerprint density at radius 3 is 2.48 bits per heavy atom. The Balaban J connectivity index is 2.15. The molecule has 114 valence electrons. The van der Waals surface area contributed by atoms with Crippen molar-refractivity contribution in [3.63, 3.8) is 0 Å². The number of hydrogen-bond acceptors (Lipinski definition) is 3. The normalized spacial score (nSPS) is 18.4. The zero-order chi connectivity index (χ0) is 15.6. The standard InChI is InChI=1S/C12H11F3N2O4/c13-7-3-6(4-8(14)10(7)15)16-12(20)17-1-2-21-5-9(17)11(18)19/h3-4,9H,1-2,5H2,(H,16,20)(H,18,19). The van der Waals surface area contributed by atoms with E-state index in [-0.39, 0.29) is 25.4 Å². The zero-order valence-electron chi connectivity index (χ0n) is 10.6. The number of nitrogens with zero attached hydrogens (tertiary/aromatic N) is 1. The van der Waals surface area contributed by atoms with Gasteiger partial charge in [0.05, 0.1) is 13.2 Å². The van der Waals surface area contributed by atoms with Crippen molar-refractivity contribution in [2.24, 2.45) is 0 Å². The third kappa shape index (κ3) is 3.24. The van der Waals surface area contributed by atoms with E-state index >= 15 is 0 Å². The van der Waals surface area contributed by atoms with Gasteiger partial charge in [-0.1, -0.05) is 0 Å². The number of aliphatic carboxylic acids is 1. The third-order valence-corrected chi connectivity index (χ3v) is 2.91. The molecule has 2 amide bonds. The molecule has 0 bridgehead atoms. The van der Waals surface area contributed by atoms with Crippen LogP contribution in [0.15, 0.2) is 12.1 Å². The number of carbonyl (C=O) groups excluding carboxylic acids is 1. The average Bonchev–Trinajstić information content (AvgIpc) is 2.44. The maximum atomic E-state index is 13.0. The number of amides is 2. The molecule has 0 radical (unpaired) electrons. The zero-order valence-corrected chi connectivity index (χ0v) is 10.6. The Kier molecular flexibility index (Phi) is 4.32. The van der Waals surface area contributed by atoms with Crippen LogP contribution in [0.5, 0.6) is 0 Å². The van der Waals surface area contributed by atoms with Crippen molar-refractivity contribution < 1.29 is 32.6 Å². The van der Waals surface area contributed by atoms with Gasteiger partial charge in [-0.25, -0.2) is 22.8 Å². The molecule has 1 saturated heterocycles. The van der Waals surface area contributed by atoms with Gasteiger partial charge >= 0.3 is 12.0 Å². The number of rotatable bonds is 2. The van der Waals surface area contributed by atoms with E-state index in [1.165, 1.54) is 0 Å². The van der Waals surface area contributed by atoms with Crippen LogP contribution in [0.4, 0.5) is 23.7 Å². The molecular formula is C12H11F3N2O4. The summed E-state index contributed by atoms with van der Waals surface area (Å²) in [7, 11) is 0. The second-order valence-electron chi connectivity index (χ2n) is 4.31.